The first kappa shape index (κ1) is 10.2. The second-order valence-electron chi connectivity index (χ2n) is 3.01. The van der Waals surface area contributed by atoms with Gasteiger partial charge in [0.1, 0.15) is 0 Å². The molecule has 1 aliphatic heterocycles. The van der Waals surface area contributed by atoms with E-state index in [-0.39, 0.29) is 29.9 Å². The zero-order chi connectivity index (χ0) is 8.55. The van der Waals surface area contributed by atoms with Crippen LogP contribution in [-0.2, 0) is 0 Å². The molecule has 0 amide bonds. The molecule has 1 saturated heterocycles. The molecule has 0 radical (unpaired) electrons. The number of phenols is 2. The number of para-hydroxylation sites is 1. The second-order valence-corrected chi connectivity index (χ2v) is 3.01. The largest absolute Gasteiger partial charge is 0.504 e. The molecule has 0 aromatic heterocycles. The van der Waals surface area contributed by atoms with Crippen LogP contribution in [0.4, 0.5) is 0 Å². The quantitative estimate of drug-likeness (QED) is 0.605. The summed E-state index contributed by atoms with van der Waals surface area (Å²) in [4.78, 5) is 0. The molecule has 1 aromatic carbocycles. The summed E-state index contributed by atoms with van der Waals surface area (Å²) in [5, 5.41) is 21.8. The SMILES string of the molecule is Cl.Oc1cccc([C@H]2CCN2)c1O. The van der Waals surface area contributed by atoms with Crippen molar-refractivity contribution < 1.29 is 10.2 Å². The summed E-state index contributed by atoms with van der Waals surface area (Å²) in [5.41, 5.74) is 0.793. The van der Waals surface area contributed by atoms with Gasteiger partial charge in [0.05, 0.1) is 0 Å². The smallest absolute Gasteiger partial charge is 0.162 e. The first-order valence-corrected chi connectivity index (χ1v) is 4.03. The van der Waals surface area contributed by atoms with Gasteiger partial charge in [0.15, 0.2) is 11.5 Å². The Balaban J connectivity index is 0.000000845. The van der Waals surface area contributed by atoms with Crippen molar-refractivity contribution >= 4 is 12.4 Å². The summed E-state index contributed by atoms with van der Waals surface area (Å²) >= 11 is 0. The second kappa shape index (κ2) is 3.85. The molecule has 0 aliphatic carbocycles. The zero-order valence-electron chi connectivity index (χ0n) is 7.03. The zero-order valence-corrected chi connectivity index (χ0v) is 7.84. The number of benzene rings is 1. The van der Waals surface area contributed by atoms with E-state index in [2.05, 4.69) is 5.32 Å². The third-order valence-corrected chi connectivity index (χ3v) is 2.25. The molecule has 2 rings (SSSR count). The van der Waals surface area contributed by atoms with E-state index in [9.17, 15) is 10.2 Å². The van der Waals surface area contributed by atoms with Gasteiger partial charge in [-0.05, 0) is 19.0 Å². The predicted molar refractivity (Wildman–Crippen MR) is 52.4 cm³/mol. The van der Waals surface area contributed by atoms with Crippen LogP contribution in [0.15, 0.2) is 18.2 Å². The van der Waals surface area contributed by atoms with Gasteiger partial charge in [-0.1, -0.05) is 12.1 Å². The van der Waals surface area contributed by atoms with Crippen LogP contribution in [0.25, 0.3) is 0 Å². The molecule has 0 spiro atoms. The summed E-state index contributed by atoms with van der Waals surface area (Å²) in [6, 6.07) is 5.27. The molecule has 1 aromatic rings. The van der Waals surface area contributed by atoms with Crippen LogP contribution in [0, 0.1) is 0 Å². The molecule has 1 fully saturated rings. The minimum atomic E-state index is -0.0406. The van der Waals surface area contributed by atoms with Crippen molar-refractivity contribution in [3.63, 3.8) is 0 Å². The van der Waals surface area contributed by atoms with Crippen LogP contribution in [-0.4, -0.2) is 16.8 Å². The highest BCUT2D eigenvalue weighted by atomic mass is 35.5. The average molecular weight is 202 g/mol. The lowest BCUT2D eigenvalue weighted by Crippen LogP contribution is -2.34. The molecular formula is C9H12ClNO2. The van der Waals surface area contributed by atoms with Crippen molar-refractivity contribution in [2.75, 3.05) is 6.54 Å². The van der Waals surface area contributed by atoms with E-state index in [0.717, 1.165) is 18.5 Å². The fourth-order valence-electron chi connectivity index (χ4n) is 1.38. The maximum absolute atomic E-state index is 9.44. The Labute approximate surface area is 82.8 Å². The fraction of sp³-hybridized carbons (Fsp3) is 0.333. The van der Waals surface area contributed by atoms with Gasteiger partial charge in [0.25, 0.3) is 0 Å². The number of nitrogens with one attached hydrogen (secondary N) is 1. The van der Waals surface area contributed by atoms with Gasteiger partial charge in [-0.25, -0.2) is 0 Å². The number of hydrogen-bond donors (Lipinski definition) is 3. The van der Waals surface area contributed by atoms with Crippen molar-refractivity contribution in [3.8, 4) is 11.5 Å². The summed E-state index contributed by atoms with van der Waals surface area (Å²) < 4.78 is 0. The van der Waals surface area contributed by atoms with Crippen molar-refractivity contribution in [2.24, 2.45) is 0 Å². The maximum Gasteiger partial charge on any atom is 0.162 e. The normalized spacial score (nSPS) is 20.2. The molecule has 0 bridgehead atoms. The van der Waals surface area contributed by atoms with Crippen LogP contribution >= 0.6 is 12.4 Å². The monoisotopic (exact) mass is 201 g/mol. The van der Waals surface area contributed by atoms with E-state index in [1.54, 1.807) is 6.07 Å². The highest BCUT2D eigenvalue weighted by Gasteiger charge is 2.22. The van der Waals surface area contributed by atoms with Gasteiger partial charge < -0.3 is 15.5 Å². The van der Waals surface area contributed by atoms with Gasteiger partial charge in [-0.3, -0.25) is 0 Å². The van der Waals surface area contributed by atoms with E-state index >= 15 is 0 Å². The molecule has 13 heavy (non-hydrogen) atoms. The number of aromatic hydroxyl groups is 2. The third kappa shape index (κ3) is 1.71. The summed E-state index contributed by atoms with van der Waals surface area (Å²) in [6.07, 6.45) is 1.02. The molecule has 1 heterocycles. The highest BCUT2D eigenvalue weighted by molar-refractivity contribution is 5.85. The number of hydrogen-bond acceptors (Lipinski definition) is 3. The Morgan fingerprint density at radius 3 is 2.54 bits per heavy atom. The van der Waals surface area contributed by atoms with E-state index in [0.29, 0.717) is 0 Å². The van der Waals surface area contributed by atoms with Crippen molar-refractivity contribution in [1.82, 2.24) is 5.32 Å². The van der Waals surface area contributed by atoms with Crippen molar-refractivity contribution in [1.29, 1.82) is 0 Å². The molecule has 3 nitrogen and oxygen atoms in total. The van der Waals surface area contributed by atoms with Crippen molar-refractivity contribution in [3.05, 3.63) is 23.8 Å². The predicted octanol–water partition coefficient (Wildman–Crippen LogP) is 1.55. The van der Waals surface area contributed by atoms with E-state index in [4.69, 9.17) is 0 Å². The van der Waals surface area contributed by atoms with Gasteiger partial charge in [0.2, 0.25) is 0 Å². The Bertz CT molecular complexity index is 300. The lowest BCUT2D eigenvalue weighted by atomic mass is 9.97. The Kier molecular flexibility index (Phi) is 3.01. The van der Waals surface area contributed by atoms with Gasteiger partial charge in [0, 0.05) is 11.6 Å². The van der Waals surface area contributed by atoms with Crippen LogP contribution in [0.3, 0.4) is 0 Å². The summed E-state index contributed by atoms with van der Waals surface area (Å²) in [6.45, 7) is 0.986. The van der Waals surface area contributed by atoms with Crippen LogP contribution in [0.5, 0.6) is 11.5 Å². The number of phenolic OH excluding ortho intramolecular Hbond substituents is 2. The van der Waals surface area contributed by atoms with E-state index in [1.807, 2.05) is 6.07 Å². The molecule has 3 N–H and O–H groups in total. The van der Waals surface area contributed by atoms with Crippen LogP contribution in [0.2, 0.25) is 0 Å². The first-order valence-electron chi connectivity index (χ1n) is 4.03. The Morgan fingerprint density at radius 2 is 2.00 bits per heavy atom. The molecule has 1 atom stereocenters. The highest BCUT2D eigenvalue weighted by Crippen LogP contribution is 2.35. The minimum absolute atomic E-state index is 0. The summed E-state index contributed by atoms with van der Waals surface area (Å²) in [7, 11) is 0. The summed E-state index contributed by atoms with van der Waals surface area (Å²) in [5.74, 6) is -0.0316. The first-order chi connectivity index (χ1) is 5.79. The standard InChI is InChI=1S/C9H11NO2.ClH/c11-8-3-1-2-6(9(8)12)7-4-5-10-7;/h1-3,7,10-12H,4-5H2;1H/t7-;/m1./s1. The van der Waals surface area contributed by atoms with E-state index < -0.39 is 0 Å². The molecule has 4 heteroatoms. The number of rotatable bonds is 1. The molecule has 72 valence electrons. The van der Waals surface area contributed by atoms with E-state index in [1.165, 1.54) is 6.07 Å². The Morgan fingerprint density at radius 1 is 1.31 bits per heavy atom. The van der Waals surface area contributed by atoms with Gasteiger partial charge in [-0.15, -0.1) is 12.4 Å². The lowest BCUT2D eigenvalue weighted by molar-refractivity contribution is 0.350. The van der Waals surface area contributed by atoms with Crippen molar-refractivity contribution in [2.45, 2.75) is 12.5 Å². The van der Waals surface area contributed by atoms with Crippen LogP contribution < -0.4 is 5.32 Å². The van der Waals surface area contributed by atoms with Gasteiger partial charge in [-0.2, -0.15) is 0 Å². The maximum atomic E-state index is 9.44. The molecule has 0 unspecified atom stereocenters. The minimum Gasteiger partial charge on any atom is -0.504 e. The molecule has 0 saturated carbocycles. The topological polar surface area (TPSA) is 52.5 Å². The third-order valence-electron chi connectivity index (χ3n) is 2.25. The van der Waals surface area contributed by atoms with Gasteiger partial charge >= 0.3 is 0 Å². The van der Waals surface area contributed by atoms with Crippen LogP contribution in [0.1, 0.15) is 18.0 Å². The number of halogens is 1. The average Bonchev–Trinajstić information content (AvgIpc) is 1.95. The molecular weight excluding hydrogens is 190 g/mol. The lowest BCUT2D eigenvalue weighted by Gasteiger charge is -2.28. The fourth-order valence-corrected chi connectivity index (χ4v) is 1.38. The molecule has 1 aliphatic rings. The Hall–Kier alpha value is -0.930.